The molecule has 4 N–H and O–H groups in total. The van der Waals surface area contributed by atoms with E-state index in [4.69, 9.17) is 28.5 Å². The summed E-state index contributed by atoms with van der Waals surface area (Å²) in [4.78, 5) is 9.00. The van der Waals surface area contributed by atoms with Gasteiger partial charge in [0.2, 0.25) is 0 Å². The van der Waals surface area contributed by atoms with Crippen molar-refractivity contribution in [3.8, 4) is 0 Å². The minimum absolute atomic E-state index is 0. The summed E-state index contributed by atoms with van der Waals surface area (Å²) < 4.78 is 32.7. The Bertz CT molecular complexity index is 74.1. The van der Waals surface area contributed by atoms with Crippen LogP contribution in [0.2, 0.25) is 0 Å². The summed E-state index contributed by atoms with van der Waals surface area (Å²) in [6.07, 6.45) is 0. The summed E-state index contributed by atoms with van der Waals surface area (Å²) in [5.41, 5.74) is 0. The SMILES string of the molecule is CC(=O)O.O.[O-][Cl+3]([O-])([O-])O. The summed E-state index contributed by atoms with van der Waals surface area (Å²) in [5.74, 6) is -0.833. The van der Waals surface area contributed by atoms with Crippen molar-refractivity contribution in [2.45, 2.75) is 6.92 Å². The van der Waals surface area contributed by atoms with Crippen LogP contribution in [0.1, 0.15) is 6.92 Å². The van der Waals surface area contributed by atoms with E-state index >= 15 is 0 Å². The maximum atomic E-state index is 9.00. The van der Waals surface area contributed by atoms with Gasteiger partial charge in [-0.2, -0.15) is 14.0 Å². The molecule has 0 spiro atoms. The summed E-state index contributed by atoms with van der Waals surface area (Å²) in [6.45, 7) is 1.08. The predicted octanol–water partition coefficient (Wildman–Crippen LogP) is -4.86. The zero-order valence-electron chi connectivity index (χ0n) is 4.91. The molecule has 0 saturated heterocycles. The molecule has 0 radical (unpaired) electrons. The van der Waals surface area contributed by atoms with Gasteiger partial charge in [-0.3, -0.25) is 4.79 Å². The maximum Gasteiger partial charge on any atom is 0.300 e. The molecule has 0 rings (SSSR count). The monoisotopic (exact) mass is 178 g/mol. The third-order valence-electron chi connectivity index (χ3n) is 0. The minimum atomic E-state index is -4.69. The van der Waals surface area contributed by atoms with Crippen LogP contribution in [0.3, 0.4) is 0 Å². The van der Waals surface area contributed by atoms with Gasteiger partial charge < -0.3 is 10.6 Å². The van der Waals surface area contributed by atoms with Gasteiger partial charge in [-0.1, -0.05) is 0 Å². The average Bonchev–Trinajstić information content (AvgIpc) is 1.19. The highest BCUT2D eigenvalue weighted by Crippen LogP contribution is 1.60. The van der Waals surface area contributed by atoms with E-state index in [1.165, 1.54) is 0 Å². The molecule has 0 aromatic carbocycles. The zero-order valence-corrected chi connectivity index (χ0v) is 5.66. The molecule has 0 bridgehead atoms. The number of carbonyl (C=O) groups is 1. The van der Waals surface area contributed by atoms with Gasteiger partial charge in [0, 0.05) is 6.92 Å². The van der Waals surface area contributed by atoms with Gasteiger partial charge in [-0.15, -0.1) is 0 Å². The summed E-state index contributed by atoms with van der Waals surface area (Å²) >= 11 is 0. The smallest absolute Gasteiger partial charge is 0.300 e. The lowest BCUT2D eigenvalue weighted by atomic mass is 10.9. The van der Waals surface area contributed by atoms with Crippen LogP contribution in [-0.4, -0.2) is 21.2 Å². The lowest BCUT2D eigenvalue weighted by Crippen LogP contribution is -2.58. The number of carboxylic acids is 1. The number of rotatable bonds is 0. The second-order valence-corrected chi connectivity index (χ2v) is 1.71. The van der Waals surface area contributed by atoms with Crippen molar-refractivity contribution >= 4 is 5.97 Å². The van der Waals surface area contributed by atoms with E-state index < -0.39 is 16.2 Å². The van der Waals surface area contributed by atoms with Crippen LogP contribution in [0.5, 0.6) is 0 Å². The Morgan fingerprint density at radius 1 is 1.40 bits per heavy atom. The first-order chi connectivity index (χ1) is 3.73. The number of halogens is 1. The van der Waals surface area contributed by atoms with Crippen LogP contribution in [0, 0.1) is 10.2 Å². The molecule has 0 unspecified atom stereocenters. The van der Waals surface area contributed by atoms with Crippen LogP contribution in [0.25, 0.3) is 0 Å². The molecule has 0 aliphatic heterocycles. The fourth-order valence-electron chi connectivity index (χ4n) is 0. The van der Waals surface area contributed by atoms with E-state index in [0.717, 1.165) is 6.92 Å². The highest BCUT2D eigenvalue weighted by molar-refractivity contribution is 5.62. The Balaban J connectivity index is -0.0000000910. The van der Waals surface area contributed by atoms with Crippen molar-refractivity contribution in [2.24, 2.45) is 0 Å². The van der Waals surface area contributed by atoms with Crippen molar-refractivity contribution < 1.29 is 44.3 Å². The predicted molar refractivity (Wildman–Crippen MR) is 19.1 cm³/mol. The summed E-state index contributed by atoms with van der Waals surface area (Å²) in [5, 5.41) is 7.42. The summed E-state index contributed by atoms with van der Waals surface area (Å²) in [6, 6.07) is 0. The third kappa shape index (κ3) is 1680. The molecule has 0 aromatic rings. The van der Waals surface area contributed by atoms with Gasteiger partial charge in [-0.05, 0) is 0 Å². The first kappa shape index (κ1) is 16.3. The molecular formula is C2H7ClO7. The Hall–Kier alpha value is -0.440. The Labute approximate surface area is 58.2 Å². The van der Waals surface area contributed by atoms with E-state index in [2.05, 4.69) is 0 Å². The molecule has 7 nitrogen and oxygen atoms in total. The van der Waals surface area contributed by atoms with Gasteiger partial charge >= 0.3 is 0 Å². The number of hydrogen-bond donors (Lipinski definition) is 2. The highest BCUT2D eigenvalue weighted by Gasteiger charge is 1.98. The largest absolute Gasteiger partial charge is 0.481 e. The first-order valence-corrected chi connectivity index (χ1v) is 2.82. The first-order valence-electron chi connectivity index (χ1n) is 1.56. The molecule has 0 amide bonds. The lowest BCUT2D eigenvalue weighted by Gasteiger charge is -2.03. The third-order valence-corrected chi connectivity index (χ3v) is 0. The van der Waals surface area contributed by atoms with E-state index in [1.54, 1.807) is 0 Å². The Morgan fingerprint density at radius 3 is 1.40 bits per heavy atom. The zero-order chi connectivity index (χ0) is 8.08. The van der Waals surface area contributed by atoms with E-state index in [-0.39, 0.29) is 5.48 Å². The van der Waals surface area contributed by atoms with Crippen molar-refractivity contribution in [1.82, 2.24) is 0 Å². The van der Waals surface area contributed by atoms with Crippen LogP contribution < -0.4 is 14.0 Å². The molecule has 0 aromatic heterocycles. The summed E-state index contributed by atoms with van der Waals surface area (Å²) in [7, 11) is -4.69. The van der Waals surface area contributed by atoms with Crippen LogP contribution >= 0.6 is 0 Å². The minimum Gasteiger partial charge on any atom is -0.481 e. The maximum absolute atomic E-state index is 9.00. The number of carboxylic acid groups (broad SMARTS) is 1. The van der Waals surface area contributed by atoms with Crippen LogP contribution in [0.4, 0.5) is 0 Å². The molecule has 0 aliphatic rings. The molecule has 10 heavy (non-hydrogen) atoms. The number of hydrogen-bond acceptors (Lipinski definition) is 5. The molecule has 0 fully saturated rings. The van der Waals surface area contributed by atoms with Crippen molar-refractivity contribution in [3.05, 3.63) is 0 Å². The Morgan fingerprint density at radius 2 is 1.40 bits per heavy atom. The molecule has 64 valence electrons. The van der Waals surface area contributed by atoms with Crippen LogP contribution in [-0.2, 0) is 4.79 Å². The van der Waals surface area contributed by atoms with Crippen LogP contribution in [0.15, 0.2) is 0 Å². The second-order valence-electron chi connectivity index (χ2n) is 0.915. The van der Waals surface area contributed by atoms with E-state index in [9.17, 15) is 0 Å². The van der Waals surface area contributed by atoms with Gasteiger partial charge in [0.1, 0.15) is 0 Å². The number of aliphatic carboxylic acids is 1. The van der Waals surface area contributed by atoms with E-state index in [1.807, 2.05) is 0 Å². The molecule has 0 heterocycles. The van der Waals surface area contributed by atoms with Gasteiger partial charge in [0.15, 0.2) is 0 Å². The quantitative estimate of drug-likeness (QED) is 0.378. The van der Waals surface area contributed by atoms with Crippen molar-refractivity contribution in [2.75, 3.05) is 0 Å². The second kappa shape index (κ2) is 6.68. The highest BCUT2D eigenvalue weighted by atomic mass is 35.7. The molecule has 0 atom stereocenters. The van der Waals surface area contributed by atoms with Gasteiger partial charge in [-0.25, -0.2) is 0 Å². The average molecular weight is 179 g/mol. The lowest BCUT2D eigenvalue weighted by molar-refractivity contribution is -1.92. The van der Waals surface area contributed by atoms with Gasteiger partial charge in [0.05, 0.1) is 14.9 Å². The molecular weight excluding hydrogens is 171 g/mol. The van der Waals surface area contributed by atoms with Gasteiger partial charge in [0.25, 0.3) is 5.97 Å². The van der Waals surface area contributed by atoms with Crippen molar-refractivity contribution in [3.63, 3.8) is 0 Å². The van der Waals surface area contributed by atoms with E-state index in [0.29, 0.717) is 0 Å². The Kier molecular flexibility index (Phi) is 10.9. The fourth-order valence-corrected chi connectivity index (χ4v) is 0. The topological polar surface area (TPSA) is 158 Å². The standard InChI is InChI=1S/C2H4O2.ClHO4.H2O/c1-2(3)4;2-1(3,4)5;/h1H3,(H,3,4);(H,2,3,4,5);1H2. The molecule has 0 saturated carbocycles. The fraction of sp³-hybridized carbons (Fsp3) is 0.500. The molecule has 8 heteroatoms. The molecule has 0 aliphatic carbocycles. The van der Waals surface area contributed by atoms with Crippen molar-refractivity contribution in [1.29, 1.82) is 0 Å². The normalized spacial score (nSPS) is 8.50.